The number of likely N-dealkylation sites (tertiary alicyclic amines) is 1. The first kappa shape index (κ1) is 14.4. The van der Waals surface area contributed by atoms with Gasteiger partial charge >= 0.3 is 0 Å². The number of piperidine rings is 1. The smallest absolute Gasteiger partial charge is 0.101 e. The van der Waals surface area contributed by atoms with Crippen molar-refractivity contribution < 1.29 is 0 Å². The van der Waals surface area contributed by atoms with Crippen LogP contribution >= 0.6 is 15.9 Å². The summed E-state index contributed by atoms with van der Waals surface area (Å²) in [6, 6.07) is 8.05. The predicted octanol–water partition coefficient (Wildman–Crippen LogP) is 3.46. The number of nitrogens with one attached hydrogen (secondary N) is 1. The molecule has 4 heteroatoms. The molecule has 1 saturated heterocycles. The minimum Gasteiger partial charge on any atom is -0.384 e. The van der Waals surface area contributed by atoms with Crippen molar-refractivity contribution in [1.82, 2.24) is 4.90 Å². The Balaban J connectivity index is 1.88. The van der Waals surface area contributed by atoms with Crippen LogP contribution in [0.15, 0.2) is 22.7 Å². The van der Waals surface area contributed by atoms with Gasteiger partial charge in [-0.25, -0.2) is 0 Å². The molecule has 0 unspecified atom stereocenters. The van der Waals surface area contributed by atoms with E-state index in [1.165, 1.54) is 25.9 Å². The Morgan fingerprint density at radius 2 is 2.16 bits per heavy atom. The second kappa shape index (κ2) is 6.93. The third kappa shape index (κ3) is 3.95. The van der Waals surface area contributed by atoms with Crippen LogP contribution in [-0.2, 0) is 0 Å². The van der Waals surface area contributed by atoms with Crippen molar-refractivity contribution in [1.29, 1.82) is 5.26 Å². The number of hydrogen-bond donors (Lipinski definition) is 1. The van der Waals surface area contributed by atoms with Crippen LogP contribution < -0.4 is 5.32 Å². The van der Waals surface area contributed by atoms with Crippen molar-refractivity contribution in [3.05, 3.63) is 28.2 Å². The lowest BCUT2D eigenvalue weighted by Gasteiger charge is -2.31. The first-order valence-electron chi connectivity index (χ1n) is 6.88. The van der Waals surface area contributed by atoms with E-state index < -0.39 is 0 Å². The zero-order valence-corrected chi connectivity index (χ0v) is 12.9. The molecule has 0 saturated carbocycles. The van der Waals surface area contributed by atoms with Crippen molar-refractivity contribution >= 4 is 21.6 Å². The number of halogens is 1. The van der Waals surface area contributed by atoms with Crippen molar-refractivity contribution in [2.45, 2.75) is 19.8 Å². The van der Waals surface area contributed by atoms with Gasteiger partial charge in [0.25, 0.3) is 0 Å². The largest absolute Gasteiger partial charge is 0.384 e. The molecule has 0 aromatic heterocycles. The summed E-state index contributed by atoms with van der Waals surface area (Å²) in [5.74, 6) is 0.720. The standard InChI is InChI=1S/C15H20BrN3/c1-2-19-7-5-12(6-8-19)11-18-15-4-3-14(16)9-13(15)10-17/h3-4,9,12,18H,2,5-8,11H2,1H3. The number of nitriles is 1. The van der Waals surface area contributed by atoms with Crippen LogP contribution in [0, 0.1) is 17.2 Å². The molecule has 0 atom stereocenters. The average Bonchev–Trinajstić information content (AvgIpc) is 2.46. The molecule has 3 nitrogen and oxygen atoms in total. The average molecular weight is 322 g/mol. The fourth-order valence-corrected chi connectivity index (χ4v) is 2.89. The summed E-state index contributed by atoms with van der Waals surface area (Å²) in [6.07, 6.45) is 2.50. The molecule has 0 amide bonds. The fourth-order valence-electron chi connectivity index (χ4n) is 2.52. The van der Waals surface area contributed by atoms with Crippen LogP contribution in [0.3, 0.4) is 0 Å². The highest BCUT2D eigenvalue weighted by atomic mass is 79.9. The molecule has 1 aromatic carbocycles. The zero-order valence-electron chi connectivity index (χ0n) is 11.3. The summed E-state index contributed by atoms with van der Waals surface area (Å²) >= 11 is 3.39. The van der Waals surface area contributed by atoms with E-state index in [2.05, 4.69) is 39.1 Å². The Hall–Kier alpha value is -1.05. The van der Waals surface area contributed by atoms with E-state index >= 15 is 0 Å². The lowest BCUT2D eigenvalue weighted by atomic mass is 9.96. The van der Waals surface area contributed by atoms with Crippen molar-refractivity contribution in [2.75, 3.05) is 31.5 Å². The highest BCUT2D eigenvalue weighted by molar-refractivity contribution is 9.10. The van der Waals surface area contributed by atoms with Crippen molar-refractivity contribution in [3.63, 3.8) is 0 Å². The van der Waals surface area contributed by atoms with Crippen LogP contribution in [0.25, 0.3) is 0 Å². The lowest BCUT2D eigenvalue weighted by Crippen LogP contribution is -2.35. The Kier molecular flexibility index (Phi) is 5.24. The van der Waals surface area contributed by atoms with Crippen LogP contribution in [0.1, 0.15) is 25.3 Å². The minimum atomic E-state index is 0.709. The van der Waals surface area contributed by atoms with Gasteiger partial charge in [0.05, 0.1) is 11.3 Å². The molecule has 0 aliphatic carbocycles. The van der Waals surface area contributed by atoms with E-state index in [0.29, 0.717) is 5.56 Å². The van der Waals surface area contributed by atoms with Crippen LogP contribution in [0.2, 0.25) is 0 Å². The molecule has 0 spiro atoms. The van der Waals surface area contributed by atoms with E-state index in [9.17, 15) is 0 Å². The summed E-state index contributed by atoms with van der Waals surface area (Å²) in [5.41, 5.74) is 1.66. The number of anilines is 1. The molecular formula is C15H20BrN3. The van der Waals surface area contributed by atoms with E-state index in [1.807, 2.05) is 18.2 Å². The Labute approximate surface area is 123 Å². The zero-order chi connectivity index (χ0) is 13.7. The van der Waals surface area contributed by atoms with E-state index in [4.69, 9.17) is 5.26 Å². The SMILES string of the molecule is CCN1CCC(CNc2ccc(Br)cc2C#N)CC1. The Bertz CT molecular complexity index is 459. The minimum absolute atomic E-state index is 0.709. The topological polar surface area (TPSA) is 39.1 Å². The summed E-state index contributed by atoms with van der Waals surface area (Å²) in [6.45, 7) is 6.75. The highest BCUT2D eigenvalue weighted by Crippen LogP contribution is 2.22. The maximum atomic E-state index is 9.13. The molecule has 102 valence electrons. The maximum Gasteiger partial charge on any atom is 0.101 e. The van der Waals surface area contributed by atoms with E-state index in [1.54, 1.807) is 0 Å². The molecule has 19 heavy (non-hydrogen) atoms. The van der Waals surface area contributed by atoms with Gasteiger partial charge in [0.2, 0.25) is 0 Å². The first-order chi connectivity index (χ1) is 9.22. The maximum absolute atomic E-state index is 9.13. The molecule has 1 heterocycles. The highest BCUT2D eigenvalue weighted by Gasteiger charge is 2.17. The third-order valence-corrected chi connectivity index (χ3v) is 4.33. The van der Waals surface area contributed by atoms with Crippen LogP contribution in [0.5, 0.6) is 0 Å². The monoisotopic (exact) mass is 321 g/mol. The van der Waals surface area contributed by atoms with Crippen LogP contribution in [-0.4, -0.2) is 31.1 Å². The number of hydrogen-bond acceptors (Lipinski definition) is 3. The van der Waals surface area contributed by atoms with Crippen LogP contribution in [0.4, 0.5) is 5.69 Å². The number of rotatable bonds is 4. The molecular weight excluding hydrogens is 302 g/mol. The van der Waals surface area contributed by atoms with Crippen molar-refractivity contribution in [2.24, 2.45) is 5.92 Å². The predicted molar refractivity (Wildman–Crippen MR) is 82.2 cm³/mol. The Morgan fingerprint density at radius 3 is 2.79 bits per heavy atom. The normalized spacial score (nSPS) is 17.1. The summed E-state index contributed by atoms with van der Waals surface area (Å²) in [7, 11) is 0. The molecule has 0 radical (unpaired) electrons. The first-order valence-corrected chi connectivity index (χ1v) is 7.68. The molecule has 1 N–H and O–H groups in total. The second-order valence-electron chi connectivity index (χ2n) is 5.06. The van der Waals surface area contributed by atoms with Gasteiger partial charge in [-0.3, -0.25) is 0 Å². The molecule has 2 rings (SSSR count). The van der Waals surface area contributed by atoms with Crippen molar-refractivity contribution in [3.8, 4) is 6.07 Å². The number of nitrogens with zero attached hydrogens (tertiary/aromatic N) is 2. The van der Waals surface area contributed by atoms with Gasteiger partial charge in [-0.05, 0) is 56.6 Å². The van der Waals surface area contributed by atoms with Gasteiger partial charge in [0, 0.05) is 11.0 Å². The lowest BCUT2D eigenvalue weighted by molar-refractivity contribution is 0.198. The summed E-state index contributed by atoms with van der Waals surface area (Å²) < 4.78 is 0.950. The number of benzene rings is 1. The fraction of sp³-hybridized carbons (Fsp3) is 0.533. The summed E-state index contributed by atoms with van der Waals surface area (Å²) in [5, 5.41) is 12.6. The van der Waals surface area contributed by atoms with Gasteiger partial charge in [-0.15, -0.1) is 0 Å². The molecule has 1 aromatic rings. The van der Waals surface area contributed by atoms with Gasteiger partial charge in [0.1, 0.15) is 6.07 Å². The quantitative estimate of drug-likeness (QED) is 0.923. The van der Waals surface area contributed by atoms with Gasteiger partial charge < -0.3 is 10.2 Å². The van der Waals surface area contributed by atoms with E-state index in [0.717, 1.165) is 29.2 Å². The third-order valence-electron chi connectivity index (χ3n) is 3.84. The summed E-state index contributed by atoms with van der Waals surface area (Å²) in [4.78, 5) is 2.50. The molecule has 0 bridgehead atoms. The van der Waals surface area contributed by atoms with Gasteiger partial charge in [-0.2, -0.15) is 5.26 Å². The molecule has 1 aliphatic heterocycles. The van der Waals surface area contributed by atoms with E-state index in [-0.39, 0.29) is 0 Å². The van der Waals surface area contributed by atoms with Gasteiger partial charge in [0.15, 0.2) is 0 Å². The van der Waals surface area contributed by atoms with Gasteiger partial charge in [-0.1, -0.05) is 22.9 Å². The second-order valence-corrected chi connectivity index (χ2v) is 5.98. The Morgan fingerprint density at radius 1 is 1.42 bits per heavy atom. The molecule has 1 aliphatic rings. The molecule has 1 fully saturated rings.